The van der Waals surface area contributed by atoms with Gasteiger partial charge in [-0.05, 0) is 51.0 Å². The normalized spacial score (nSPS) is 16.2. The van der Waals surface area contributed by atoms with E-state index >= 15 is 0 Å². The number of likely N-dealkylation sites (tertiary alicyclic amines) is 1. The van der Waals surface area contributed by atoms with E-state index in [-0.39, 0.29) is 17.8 Å². The van der Waals surface area contributed by atoms with Gasteiger partial charge in [0, 0.05) is 62.3 Å². The highest BCUT2D eigenvalue weighted by atomic mass is 16.6. The maximum Gasteiger partial charge on any atom is 0.410 e. The van der Waals surface area contributed by atoms with Crippen LogP contribution in [0, 0.1) is 5.41 Å². The van der Waals surface area contributed by atoms with Crippen molar-refractivity contribution in [1.82, 2.24) is 29.3 Å². The number of aromatic nitrogens is 4. The SMILES string of the molecule is CN/C=C(\C=N)c1ccc(-c2ccc3ncc4c(c3c2)n(C2CCN(C(=O)OC(C)(C)C)C2)c(=O)n4C)cn1. The fourth-order valence-electron chi connectivity index (χ4n) is 5.07. The molecule has 1 amide bonds. The van der Waals surface area contributed by atoms with Crippen molar-refractivity contribution >= 4 is 39.8 Å². The third-order valence-corrected chi connectivity index (χ3v) is 6.94. The molecule has 10 nitrogen and oxygen atoms in total. The Hall–Kier alpha value is -4.47. The first kappa shape index (κ1) is 26.1. The van der Waals surface area contributed by atoms with E-state index in [9.17, 15) is 9.59 Å². The number of nitrogens with one attached hydrogen (secondary N) is 2. The van der Waals surface area contributed by atoms with Crippen molar-refractivity contribution in [3.05, 3.63) is 65.1 Å². The molecule has 1 aromatic carbocycles. The van der Waals surface area contributed by atoms with Gasteiger partial charge in [-0.3, -0.25) is 19.1 Å². The van der Waals surface area contributed by atoms with Gasteiger partial charge in [-0.25, -0.2) is 9.59 Å². The van der Waals surface area contributed by atoms with Crippen LogP contribution in [0.2, 0.25) is 0 Å². The molecule has 1 saturated heterocycles. The molecule has 4 aromatic rings. The van der Waals surface area contributed by atoms with E-state index in [1.54, 1.807) is 42.2 Å². The number of hydrogen-bond donors (Lipinski definition) is 2. The van der Waals surface area contributed by atoms with Crippen LogP contribution in [0.1, 0.15) is 38.9 Å². The van der Waals surface area contributed by atoms with Crippen molar-refractivity contribution in [3.8, 4) is 11.1 Å². The maximum atomic E-state index is 13.5. The number of rotatable bonds is 5. The number of allylic oxidation sites excluding steroid dienone is 1. The minimum absolute atomic E-state index is 0.137. The highest BCUT2D eigenvalue weighted by Gasteiger charge is 2.33. The largest absolute Gasteiger partial charge is 0.444 e. The molecule has 5 rings (SSSR count). The first-order valence-corrected chi connectivity index (χ1v) is 12.9. The van der Waals surface area contributed by atoms with Gasteiger partial charge in [0.2, 0.25) is 0 Å². The van der Waals surface area contributed by atoms with Crippen molar-refractivity contribution in [1.29, 1.82) is 5.41 Å². The van der Waals surface area contributed by atoms with Gasteiger partial charge < -0.3 is 20.4 Å². The molecule has 1 unspecified atom stereocenters. The summed E-state index contributed by atoms with van der Waals surface area (Å²) in [5, 5.41) is 11.4. The standard InChI is InChI=1S/C29H33N7O3/c1-29(2,3)39-28(38)35-11-10-21(17-35)36-26-22-12-18(6-9-24(22)33-16-25(26)34(5)27(36)37)19-7-8-23(32-15-19)20(13-30)14-31-4/h6-9,12-16,21,30-31H,10-11,17H2,1-5H3/b20-14+,30-13?. The minimum Gasteiger partial charge on any atom is -0.444 e. The number of carbonyl (C=O) groups excluding carboxylic acids is 1. The zero-order chi connectivity index (χ0) is 27.9. The van der Waals surface area contributed by atoms with Crippen molar-refractivity contribution in [2.45, 2.75) is 38.8 Å². The molecule has 4 heterocycles. The second-order valence-electron chi connectivity index (χ2n) is 10.8. The topological polar surface area (TPSA) is 118 Å². The molecule has 0 saturated carbocycles. The van der Waals surface area contributed by atoms with Gasteiger partial charge in [0.05, 0.1) is 34.5 Å². The van der Waals surface area contributed by atoms with E-state index in [0.717, 1.165) is 33.1 Å². The first-order valence-electron chi connectivity index (χ1n) is 12.9. The molecule has 10 heteroatoms. The molecule has 1 aliphatic rings. The van der Waals surface area contributed by atoms with Gasteiger partial charge >= 0.3 is 11.8 Å². The summed E-state index contributed by atoms with van der Waals surface area (Å²) >= 11 is 0. The summed E-state index contributed by atoms with van der Waals surface area (Å²) in [6, 6.07) is 9.66. The molecule has 0 bridgehead atoms. The summed E-state index contributed by atoms with van der Waals surface area (Å²) in [4.78, 5) is 37.0. The summed E-state index contributed by atoms with van der Waals surface area (Å²) in [7, 11) is 3.53. The highest BCUT2D eigenvalue weighted by Crippen LogP contribution is 2.32. The summed E-state index contributed by atoms with van der Waals surface area (Å²) in [6.45, 7) is 6.46. The van der Waals surface area contributed by atoms with E-state index in [0.29, 0.717) is 30.8 Å². The fraction of sp³-hybridized carbons (Fsp3) is 0.345. The smallest absolute Gasteiger partial charge is 0.410 e. The summed E-state index contributed by atoms with van der Waals surface area (Å²) < 4.78 is 9.00. The minimum atomic E-state index is -0.582. The number of carbonyl (C=O) groups is 1. The summed E-state index contributed by atoms with van der Waals surface area (Å²) in [6.07, 6.45) is 6.80. The fourth-order valence-corrected chi connectivity index (χ4v) is 5.07. The van der Waals surface area contributed by atoms with Crippen molar-refractivity contribution in [3.63, 3.8) is 0 Å². The third kappa shape index (κ3) is 4.89. The van der Waals surface area contributed by atoms with Crippen LogP contribution >= 0.6 is 0 Å². The zero-order valence-corrected chi connectivity index (χ0v) is 22.9. The Balaban J connectivity index is 1.57. The van der Waals surface area contributed by atoms with Crippen molar-refractivity contribution in [2.24, 2.45) is 7.05 Å². The second-order valence-corrected chi connectivity index (χ2v) is 10.8. The monoisotopic (exact) mass is 527 g/mol. The molecular formula is C29H33N7O3. The predicted octanol–water partition coefficient (Wildman–Crippen LogP) is 4.34. The zero-order valence-electron chi connectivity index (χ0n) is 22.9. The molecule has 1 atom stereocenters. The van der Waals surface area contributed by atoms with Gasteiger partial charge in [-0.1, -0.05) is 12.1 Å². The Morgan fingerprint density at radius 1 is 1.15 bits per heavy atom. The van der Waals surface area contributed by atoms with Crippen LogP contribution in [0.3, 0.4) is 0 Å². The molecule has 2 N–H and O–H groups in total. The average molecular weight is 528 g/mol. The number of benzene rings is 1. The number of nitrogens with zero attached hydrogens (tertiary/aromatic N) is 5. The Morgan fingerprint density at radius 2 is 1.92 bits per heavy atom. The number of aryl methyl sites for hydroxylation is 1. The number of ether oxygens (including phenoxy) is 1. The van der Waals surface area contributed by atoms with Crippen molar-refractivity contribution in [2.75, 3.05) is 20.1 Å². The van der Waals surface area contributed by atoms with Gasteiger partial charge in [-0.2, -0.15) is 0 Å². The van der Waals surface area contributed by atoms with Crippen LogP contribution < -0.4 is 11.0 Å². The van der Waals surface area contributed by atoms with Gasteiger partial charge in [0.25, 0.3) is 0 Å². The van der Waals surface area contributed by atoms with Crippen LogP contribution in [-0.2, 0) is 11.8 Å². The average Bonchev–Trinajstić information content (AvgIpc) is 3.49. The molecule has 3 aromatic heterocycles. The lowest BCUT2D eigenvalue weighted by Crippen LogP contribution is -2.36. The van der Waals surface area contributed by atoms with E-state index in [1.807, 2.05) is 55.7 Å². The van der Waals surface area contributed by atoms with Crippen LogP contribution in [0.5, 0.6) is 0 Å². The van der Waals surface area contributed by atoms with Gasteiger partial charge in [0.1, 0.15) is 5.60 Å². The molecule has 0 radical (unpaired) electrons. The van der Waals surface area contributed by atoms with Crippen LogP contribution in [0.4, 0.5) is 4.79 Å². The molecule has 1 fully saturated rings. The Morgan fingerprint density at radius 3 is 2.59 bits per heavy atom. The lowest BCUT2D eigenvalue weighted by Gasteiger charge is -2.24. The molecular weight excluding hydrogens is 494 g/mol. The molecule has 1 aliphatic heterocycles. The highest BCUT2D eigenvalue weighted by molar-refractivity contribution is 6.07. The lowest BCUT2D eigenvalue weighted by atomic mass is 10.0. The van der Waals surface area contributed by atoms with Crippen LogP contribution in [0.25, 0.3) is 38.6 Å². The second kappa shape index (κ2) is 10.0. The van der Waals surface area contributed by atoms with Crippen LogP contribution in [-0.4, -0.2) is 62.0 Å². The van der Waals surface area contributed by atoms with E-state index in [1.165, 1.54) is 6.21 Å². The first-order chi connectivity index (χ1) is 18.6. The predicted molar refractivity (Wildman–Crippen MR) is 153 cm³/mol. The molecule has 0 spiro atoms. The Kier molecular flexibility index (Phi) is 6.71. The van der Waals surface area contributed by atoms with E-state index in [2.05, 4.69) is 15.3 Å². The lowest BCUT2D eigenvalue weighted by molar-refractivity contribution is 0.0289. The van der Waals surface area contributed by atoms with E-state index in [4.69, 9.17) is 10.1 Å². The Labute approximate surface area is 226 Å². The molecule has 39 heavy (non-hydrogen) atoms. The number of imidazole rings is 1. The van der Waals surface area contributed by atoms with Gasteiger partial charge in [0.15, 0.2) is 0 Å². The summed E-state index contributed by atoms with van der Waals surface area (Å²) in [5.74, 6) is 0. The number of pyridine rings is 2. The maximum absolute atomic E-state index is 13.5. The van der Waals surface area contributed by atoms with E-state index < -0.39 is 5.60 Å². The number of amides is 1. The number of fused-ring (bicyclic) bond motifs is 3. The number of hydrogen-bond acceptors (Lipinski definition) is 7. The molecule has 0 aliphatic carbocycles. The van der Waals surface area contributed by atoms with Gasteiger partial charge in [-0.15, -0.1) is 0 Å². The molecule has 202 valence electrons. The third-order valence-electron chi connectivity index (χ3n) is 6.94. The van der Waals surface area contributed by atoms with Crippen molar-refractivity contribution < 1.29 is 9.53 Å². The summed E-state index contributed by atoms with van der Waals surface area (Å²) in [5.41, 5.74) is 4.82. The quantitative estimate of drug-likeness (QED) is 0.373. The van der Waals surface area contributed by atoms with Crippen LogP contribution in [0.15, 0.2) is 53.7 Å². The Bertz CT molecular complexity index is 1660.